The molecule has 27 heavy (non-hydrogen) atoms. The minimum atomic E-state index is -0.928. The number of amides is 1. The molecule has 0 saturated heterocycles. The fraction of sp³-hybridized carbons (Fsp3) is 0.278. The van der Waals surface area contributed by atoms with E-state index in [4.69, 9.17) is 9.26 Å². The Bertz CT molecular complexity index is 975. The molecule has 1 aromatic carbocycles. The molecule has 1 unspecified atom stereocenters. The number of nitrogens with zero attached hydrogens (tertiary/aromatic N) is 4. The Morgan fingerprint density at radius 2 is 2.30 bits per heavy atom. The van der Waals surface area contributed by atoms with Crippen LogP contribution in [0.4, 0.5) is 0 Å². The maximum Gasteiger partial charge on any atom is 0.316 e. The van der Waals surface area contributed by atoms with Crippen LogP contribution in [0.3, 0.4) is 0 Å². The number of fused-ring (bicyclic) bond motifs is 1. The van der Waals surface area contributed by atoms with Crippen LogP contribution in [0.25, 0.3) is 11.5 Å². The zero-order chi connectivity index (χ0) is 18.9. The zero-order valence-corrected chi connectivity index (χ0v) is 14.5. The van der Waals surface area contributed by atoms with Gasteiger partial charge in [-0.2, -0.15) is 4.98 Å². The Balaban J connectivity index is 1.61. The van der Waals surface area contributed by atoms with Gasteiger partial charge in [0.2, 0.25) is 5.82 Å². The Kier molecular flexibility index (Phi) is 4.28. The van der Waals surface area contributed by atoms with Gasteiger partial charge >= 0.3 is 11.8 Å². The lowest BCUT2D eigenvalue weighted by molar-refractivity contribution is 0.0785. The molecule has 0 aliphatic heterocycles. The van der Waals surface area contributed by atoms with Crippen LogP contribution in [0.15, 0.2) is 41.3 Å². The van der Waals surface area contributed by atoms with Crippen molar-refractivity contribution in [3.05, 3.63) is 53.8 Å². The summed E-state index contributed by atoms with van der Waals surface area (Å²) < 4.78 is 10.5. The minimum Gasteiger partial charge on any atom is -0.496 e. The summed E-state index contributed by atoms with van der Waals surface area (Å²) in [6.45, 7) is -0.260. The molecule has 3 aromatic rings. The van der Waals surface area contributed by atoms with Crippen molar-refractivity contribution in [2.24, 2.45) is 0 Å². The number of aliphatic hydroxyl groups is 1. The predicted molar refractivity (Wildman–Crippen MR) is 92.9 cm³/mol. The molecular weight excluding hydrogens is 350 g/mol. The van der Waals surface area contributed by atoms with Gasteiger partial charge in [0.25, 0.3) is 0 Å². The molecule has 1 aliphatic rings. The number of hydrogen-bond acceptors (Lipinski definition) is 8. The molecule has 1 amide bonds. The van der Waals surface area contributed by atoms with Crippen molar-refractivity contribution in [2.75, 3.05) is 13.7 Å². The van der Waals surface area contributed by atoms with Crippen molar-refractivity contribution in [3.8, 4) is 17.3 Å². The fourth-order valence-electron chi connectivity index (χ4n) is 3.37. The molecule has 0 bridgehead atoms. The number of aliphatic hydroxyl groups excluding tert-OH is 1. The third-order valence-electron chi connectivity index (χ3n) is 4.71. The molecule has 2 heterocycles. The normalized spacial score (nSPS) is 18.1. The topological polar surface area (TPSA) is 123 Å². The van der Waals surface area contributed by atoms with Gasteiger partial charge < -0.3 is 19.7 Å². The van der Waals surface area contributed by atoms with Crippen molar-refractivity contribution in [1.82, 2.24) is 25.4 Å². The van der Waals surface area contributed by atoms with Gasteiger partial charge in [0, 0.05) is 12.4 Å². The molecule has 138 valence electrons. The smallest absolute Gasteiger partial charge is 0.316 e. The van der Waals surface area contributed by atoms with Crippen molar-refractivity contribution < 1.29 is 19.2 Å². The molecule has 1 aliphatic carbocycles. The van der Waals surface area contributed by atoms with E-state index in [9.17, 15) is 9.90 Å². The number of carbonyl (C=O) groups is 1. The second-order valence-corrected chi connectivity index (χ2v) is 6.19. The summed E-state index contributed by atoms with van der Waals surface area (Å²) in [5.41, 5.74) is 1.27. The number of aromatic nitrogens is 4. The number of carbonyl (C=O) groups excluding carboxylic acids is 1. The lowest BCUT2D eigenvalue weighted by atomic mass is 9.92. The van der Waals surface area contributed by atoms with E-state index in [1.54, 1.807) is 7.11 Å². The standard InChI is InChI=1S/C18H17N5O4/c1-26-14-4-2-3-12-11(14)5-6-18(12,10-24)22-16(25)17-21-15(23-27-17)13-9-19-7-8-20-13/h2-4,7-9,24H,5-6,10H2,1H3,(H,22,25). The molecule has 9 nitrogen and oxygen atoms in total. The maximum absolute atomic E-state index is 12.7. The van der Waals surface area contributed by atoms with Crippen LogP contribution in [-0.4, -0.2) is 44.8 Å². The van der Waals surface area contributed by atoms with Gasteiger partial charge in [0.15, 0.2) is 0 Å². The Morgan fingerprint density at radius 1 is 1.41 bits per heavy atom. The molecule has 0 radical (unpaired) electrons. The quantitative estimate of drug-likeness (QED) is 0.687. The first-order chi connectivity index (χ1) is 13.2. The third-order valence-corrected chi connectivity index (χ3v) is 4.71. The minimum absolute atomic E-state index is 0.166. The average Bonchev–Trinajstić information content (AvgIpc) is 3.35. The molecule has 9 heteroatoms. The second kappa shape index (κ2) is 6.76. The Hall–Kier alpha value is -3.33. The van der Waals surface area contributed by atoms with Crippen LogP contribution < -0.4 is 10.1 Å². The van der Waals surface area contributed by atoms with Gasteiger partial charge in [0.05, 0.1) is 25.5 Å². The third kappa shape index (κ3) is 2.91. The van der Waals surface area contributed by atoms with Gasteiger partial charge in [-0.3, -0.25) is 9.78 Å². The van der Waals surface area contributed by atoms with E-state index in [0.717, 1.165) is 16.9 Å². The lowest BCUT2D eigenvalue weighted by Crippen LogP contribution is -2.47. The monoisotopic (exact) mass is 367 g/mol. The highest BCUT2D eigenvalue weighted by atomic mass is 16.5. The number of hydrogen-bond donors (Lipinski definition) is 2. The van der Waals surface area contributed by atoms with Gasteiger partial charge in [-0.25, -0.2) is 4.98 Å². The van der Waals surface area contributed by atoms with E-state index in [1.807, 2.05) is 18.2 Å². The van der Waals surface area contributed by atoms with Crippen molar-refractivity contribution in [2.45, 2.75) is 18.4 Å². The highest BCUT2D eigenvalue weighted by Crippen LogP contribution is 2.41. The lowest BCUT2D eigenvalue weighted by Gasteiger charge is -2.29. The molecular formula is C18H17N5O4. The summed E-state index contributed by atoms with van der Waals surface area (Å²) in [5.74, 6) is 0.127. The molecule has 1 atom stereocenters. The predicted octanol–water partition coefficient (Wildman–Crippen LogP) is 1.10. The maximum atomic E-state index is 12.7. The van der Waals surface area contributed by atoms with Crippen LogP contribution in [0.2, 0.25) is 0 Å². The average molecular weight is 367 g/mol. The molecule has 2 aromatic heterocycles. The summed E-state index contributed by atoms with van der Waals surface area (Å²) in [5, 5.41) is 16.7. The molecule has 2 N–H and O–H groups in total. The van der Waals surface area contributed by atoms with E-state index < -0.39 is 11.4 Å². The molecule has 0 fully saturated rings. The Morgan fingerprint density at radius 3 is 3.04 bits per heavy atom. The van der Waals surface area contributed by atoms with Crippen LogP contribution in [0.5, 0.6) is 5.75 Å². The first kappa shape index (κ1) is 17.1. The number of methoxy groups -OCH3 is 1. The van der Waals surface area contributed by atoms with Gasteiger partial charge in [0.1, 0.15) is 11.4 Å². The van der Waals surface area contributed by atoms with Crippen LogP contribution in [-0.2, 0) is 12.0 Å². The highest BCUT2D eigenvalue weighted by molar-refractivity contribution is 5.90. The van der Waals surface area contributed by atoms with Crippen molar-refractivity contribution >= 4 is 5.91 Å². The van der Waals surface area contributed by atoms with Gasteiger partial charge in [-0.1, -0.05) is 17.3 Å². The second-order valence-electron chi connectivity index (χ2n) is 6.19. The highest BCUT2D eigenvalue weighted by Gasteiger charge is 2.42. The summed E-state index contributed by atoms with van der Waals surface area (Å²) >= 11 is 0. The molecule has 0 saturated carbocycles. The van der Waals surface area contributed by atoms with E-state index >= 15 is 0 Å². The molecule has 0 spiro atoms. The van der Waals surface area contributed by atoms with Gasteiger partial charge in [-0.15, -0.1) is 0 Å². The van der Waals surface area contributed by atoms with E-state index in [-0.39, 0.29) is 18.3 Å². The SMILES string of the molecule is COc1cccc2c1CCC2(CO)NC(=O)c1nc(-c2cnccn2)no1. The van der Waals surface area contributed by atoms with Crippen molar-refractivity contribution in [3.63, 3.8) is 0 Å². The number of ether oxygens (including phenoxy) is 1. The fourth-order valence-corrected chi connectivity index (χ4v) is 3.37. The summed E-state index contributed by atoms with van der Waals surface area (Å²) in [6.07, 6.45) is 5.70. The van der Waals surface area contributed by atoms with E-state index in [2.05, 4.69) is 25.4 Å². The number of rotatable bonds is 5. The summed E-state index contributed by atoms with van der Waals surface area (Å²) in [6, 6.07) is 5.57. The van der Waals surface area contributed by atoms with Crippen LogP contribution in [0.1, 0.15) is 28.2 Å². The zero-order valence-electron chi connectivity index (χ0n) is 14.5. The first-order valence-corrected chi connectivity index (χ1v) is 8.37. The van der Waals surface area contributed by atoms with Crippen molar-refractivity contribution in [1.29, 1.82) is 0 Å². The van der Waals surface area contributed by atoms with Gasteiger partial charge in [-0.05, 0) is 30.0 Å². The molecule has 4 rings (SSSR count). The summed E-state index contributed by atoms with van der Waals surface area (Å²) in [4.78, 5) is 24.8. The Labute approximate surface area is 154 Å². The van der Waals surface area contributed by atoms with E-state index in [0.29, 0.717) is 18.5 Å². The largest absolute Gasteiger partial charge is 0.496 e. The first-order valence-electron chi connectivity index (χ1n) is 8.37. The van der Waals surface area contributed by atoms with E-state index in [1.165, 1.54) is 18.6 Å². The van der Waals surface area contributed by atoms with Crippen LogP contribution in [0, 0.1) is 0 Å². The number of nitrogens with one attached hydrogen (secondary N) is 1. The summed E-state index contributed by atoms with van der Waals surface area (Å²) in [7, 11) is 1.60. The number of benzene rings is 1. The van der Waals surface area contributed by atoms with Crippen LogP contribution >= 0.6 is 0 Å².